The van der Waals surface area contributed by atoms with Crippen LogP contribution in [0.4, 0.5) is 11.4 Å². The lowest BCUT2D eigenvalue weighted by molar-refractivity contribution is -0.114. The second-order valence-electron chi connectivity index (χ2n) is 8.90. The molecule has 1 aliphatic carbocycles. The van der Waals surface area contributed by atoms with Gasteiger partial charge >= 0.3 is 0 Å². The van der Waals surface area contributed by atoms with E-state index >= 15 is 0 Å². The molecule has 0 saturated heterocycles. The average Bonchev–Trinajstić information content (AvgIpc) is 2.90. The van der Waals surface area contributed by atoms with E-state index in [0.29, 0.717) is 17.9 Å². The fourth-order valence-corrected chi connectivity index (χ4v) is 4.21. The minimum atomic E-state index is -0.151. The third-order valence-electron chi connectivity index (χ3n) is 6.18. The quantitative estimate of drug-likeness (QED) is 0.369. The first-order valence-corrected chi connectivity index (χ1v) is 12.4. The first-order chi connectivity index (χ1) is 17.2. The third-order valence-corrected chi connectivity index (χ3v) is 6.18. The summed E-state index contributed by atoms with van der Waals surface area (Å²) in [6.07, 6.45) is 6.59. The summed E-state index contributed by atoms with van der Waals surface area (Å²) < 4.78 is 5.79. The second-order valence-corrected chi connectivity index (χ2v) is 8.90. The van der Waals surface area contributed by atoms with Crippen molar-refractivity contribution in [1.29, 1.82) is 0 Å². The van der Waals surface area contributed by atoms with Crippen molar-refractivity contribution in [2.75, 3.05) is 23.8 Å². The Hall–Kier alpha value is -3.80. The molecule has 0 aliphatic heterocycles. The zero-order valence-corrected chi connectivity index (χ0v) is 20.0. The summed E-state index contributed by atoms with van der Waals surface area (Å²) in [5.41, 5.74) is 3.37. The number of benzene rings is 3. The van der Waals surface area contributed by atoms with Crippen molar-refractivity contribution >= 4 is 23.2 Å². The van der Waals surface area contributed by atoms with E-state index in [2.05, 4.69) is 28.1 Å². The maximum atomic E-state index is 12.4. The number of ether oxygens (including phenoxy) is 1. The van der Waals surface area contributed by atoms with Crippen molar-refractivity contribution in [3.63, 3.8) is 0 Å². The van der Waals surface area contributed by atoms with Crippen molar-refractivity contribution in [1.82, 2.24) is 5.32 Å². The number of carbonyl (C=O) groups excluding carboxylic acids is 2. The van der Waals surface area contributed by atoms with Gasteiger partial charge in [0, 0.05) is 29.4 Å². The van der Waals surface area contributed by atoms with E-state index in [1.165, 1.54) is 24.8 Å². The Kier molecular flexibility index (Phi) is 8.76. The van der Waals surface area contributed by atoms with Crippen molar-refractivity contribution in [3.8, 4) is 5.75 Å². The van der Waals surface area contributed by atoms with Crippen molar-refractivity contribution in [2.45, 2.75) is 44.6 Å². The number of rotatable bonds is 10. The summed E-state index contributed by atoms with van der Waals surface area (Å²) in [6.45, 7) is 0.726. The highest BCUT2D eigenvalue weighted by atomic mass is 16.5. The molecule has 0 heterocycles. The largest absolute Gasteiger partial charge is 0.493 e. The third kappa shape index (κ3) is 7.88. The van der Waals surface area contributed by atoms with Gasteiger partial charge in [0.05, 0.1) is 13.2 Å². The summed E-state index contributed by atoms with van der Waals surface area (Å²) in [4.78, 5) is 24.8. The molecule has 3 aromatic carbocycles. The summed E-state index contributed by atoms with van der Waals surface area (Å²) in [5, 5.41) is 9.10. The standard InChI is InChI=1S/C29H33N3O3/c33-28(31-26-15-17-27(18-16-26)35-20-19-22-7-3-1-4-8-22)21-30-24-13-11-23(12-14-24)29(34)32-25-9-5-2-6-10-25/h1,3-4,7-8,11-18,25,30H,2,5-6,9-10,19-21H2,(H,31,33)(H,32,34). The van der Waals surface area contributed by atoms with Crippen LogP contribution in [0.5, 0.6) is 5.75 Å². The number of anilines is 2. The molecule has 0 aromatic heterocycles. The van der Waals surface area contributed by atoms with Gasteiger partial charge in [0.25, 0.3) is 5.91 Å². The van der Waals surface area contributed by atoms with Crippen molar-refractivity contribution < 1.29 is 14.3 Å². The van der Waals surface area contributed by atoms with E-state index < -0.39 is 0 Å². The van der Waals surface area contributed by atoms with E-state index in [4.69, 9.17) is 4.74 Å². The average molecular weight is 472 g/mol. The Morgan fingerprint density at radius 1 is 0.800 bits per heavy atom. The molecular weight excluding hydrogens is 438 g/mol. The van der Waals surface area contributed by atoms with Gasteiger partial charge in [-0.3, -0.25) is 9.59 Å². The molecule has 1 aliphatic rings. The molecule has 0 bridgehead atoms. The molecule has 6 heteroatoms. The lowest BCUT2D eigenvalue weighted by atomic mass is 9.95. The molecule has 182 valence electrons. The van der Waals surface area contributed by atoms with Crippen LogP contribution in [-0.4, -0.2) is 31.0 Å². The number of hydrogen-bond donors (Lipinski definition) is 3. The Morgan fingerprint density at radius 3 is 2.20 bits per heavy atom. The van der Waals surface area contributed by atoms with Gasteiger partial charge in [-0.15, -0.1) is 0 Å². The van der Waals surface area contributed by atoms with E-state index in [1.54, 1.807) is 12.1 Å². The van der Waals surface area contributed by atoms with Crippen LogP contribution < -0.4 is 20.7 Å². The monoisotopic (exact) mass is 471 g/mol. The van der Waals surface area contributed by atoms with E-state index in [0.717, 1.165) is 30.7 Å². The van der Waals surface area contributed by atoms with Crippen LogP contribution in [-0.2, 0) is 11.2 Å². The molecule has 0 radical (unpaired) electrons. The van der Waals surface area contributed by atoms with Crippen LogP contribution in [0.3, 0.4) is 0 Å². The molecule has 0 spiro atoms. The molecular formula is C29H33N3O3. The fraction of sp³-hybridized carbons (Fsp3) is 0.310. The van der Waals surface area contributed by atoms with Crippen LogP contribution in [0.15, 0.2) is 78.9 Å². The minimum absolute atomic E-state index is 0.0336. The number of amides is 2. The summed E-state index contributed by atoms with van der Waals surface area (Å²) in [6, 6.07) is 25.1. The minimum Gasteiger partial charge on any atom is -0.493 e. The van der Waals surface area contributed by atoms with Crippen molar-refractivity contribution in [2.24, 2.45) is 0 Å². The number of carbonyl (C=O) groups is 2. The summed E-state index contributed by atoms with van der Waals surface area (Å²) in [7, 11) is 0. The maximum absolute atomic E-state index is 12.4. The predicted molar refractivity (Wildman–Crippen MR) is 140 cm³/mol. The molecule has 1 fully saturated rings. The topological polar surface area (TPSA) is 79.5 Å². The molecule has 3 N–H and O–H groups in total. The van der Waals surface area contributed by atoms with Crippen LogP contribution in [0.1, 0.15) is 48.0 Å². The Morgan fingerprint density at radius 2 is 1.49 bits per heavy atom. The Bertz CT molecular complexity index is 1080. The number of hydrogen-bond acceptors (Lipinski definition) is 4. The maximum Gasteiger partial charge on any atom is 0.251 e. The van der Waals surface area contributed by atoms with Gasteiger partial charge in [0.2, 0.25) is 5.91 Å². The first kappa shape index (κ1) is 24.3. The van der Waals surface area contributed by atoms with Gasteiger partial charge in [0.1, 0.15) is 5.75 Å². The molecule has 35 heavy (non-hydrogen) atoms. The van der Waals surface area contributed by atoms with Crippen LogP contribution >= 0.6 is 0 Å². The zero-order valence-electron chi connectivity index (χ0n) is 20.0. The van der Waals surface area contributed by atoms with Crippen LogP contribution in [0.25, 0.3) is 0 Å². The molecule has 1 saturated carbocycles. The van der Waals surface area contributed by atoms with Gasteiger partial charge in [-0.1, -0.05) is 49.6 Å². The molecule has 0 unspecified atom stereocenters. The van der Waals surface area contributed by atoms with E-state index in [-0.39, 0.29) is 24.4 Å². The molecule has 0 atom stereocenters. The number of nitrogens with one attached hydrogen (secondary N) is 3. The Balaban J connectivity index is 1.17. The molecule has 4 rings (SSSR count). The molecule has 6 nitrogen and oxygen atoms in total. The van der Waals surface area contributed by atoms with Gasteiger partial charge < -0.3 is 20.7 Å². The summed E-state index contributed by atoms with van der Waals surface area (Å²) in [5.74, 6) is 0.584. The highest BCUT2D eigenvalue weighted by Gasteiger charge is 2.16. The summed E-state index contributed by atoms with van der Waals surface area (Å²) >= 11 is 0. The smallest absolute Gasteiger partial charge is 0.251 e. The Labute approximate surface area is 207 Å². The highest BCUT2D eigenvalue weighted by Crippen LogP contribution is 2.19. The van der Waals surface area contributed by atoms with Gasteiger partial charge in [-0.2, -0.15) is 0 Å². The lowest BCUT2D eigenvalue weighted by Gasteiger charge is -2.22. The zero-order chi connectivity index (χ0) is 24.3. The molecule has 3 aromatic rings. The lowest BCUT2D eigenvalue weighted by Crippen LogP contribution is -2.36. The van der Waals surface area contributed by atoms with Gasteiger partial charge in [-0.25, -0.2) is 0 Å². The van der Waals surface area contributed by atoms with Gasteiger partial charge in [-0.05, 0) is 66.9 Å². The highest BCUT2D eigenvalue weighted by molar-refractivity contribution is 5.95. The van der Waals surface area contributed by atoms with Crippen LogP contribution in [0.2, 0.25) is 0 Å². The first-order valence-electron chi connectivity index (χ1n) is 12.4. The second kappa shape index (κ2) is 12.6. The fourth-order valence-electron chi connectivity index (χ4n) is 4.21. The normalized spacial score (nSPS) is 13.6. The van der Waals surface area contributed by atoms with Crippen molar-refractivity contribution in [3.05, 3.63) is 90.0 Å². The SMILES string of the molecule is O=C(CNc1ccc(C(=O)NC2CCCCC2)cc1)Nc1ccc(OCCc2ccccc2)cc1. The van der Waals surface area contributed by atoms with Crippen LogP contribution in [0, 0.1) is 0 Å². The predicted octanol–water partition coefficient (Wildman–Crippen LogP) is 5.42. The van der Waals surface area contributed by atoms with E-state index in [9.17, 15) is 9.59 Å². The molecule has 2 amide bonds. The van der Waals surface area contributed by atoms with E-state index in [1.807, 2.05) is 54.6 Å². The van der Waals surface area contributed by atoms with Gasteiger partial charge in [0.15, 0.2) is 0 Å².